The fraction of sp³-hybridized carbons (Fsp3) is 0.435. The molecule has 0 spiro atoms. The first-order valence-electron chi connectivity index (χ1n) is 11.1. The smallest absolute Gasteiger partial charge is 0.274 e. The molecule has 0 saturated carbocycles. The molecule has 9 nitrogen and oxygen atoms in total. The molecule has 1 fully saturated rings. The van der Waals surface area contributed by atoms with Crippen molar-refractivity contribution in [2.45, 2.75) is 38.0 Å². The zero-order chi connectivity index (χ0) is 24.2. The predicted octanol–water partition coefficient (Wildman–Crippen LogP) is 2.29. The molecule has 1 aromatic carbocycles. The van der Waals surface area contributed by atoms with Crippen LogP contribution < -0.4 is 10.9 Å². The highest BCUT2D eigenvalue weighted by Crippen LogP contribution is 2.21. The molecule has 1 N–H and O–H groups in total. The van der Waals surface area contributed by atoms with E-state index in [0.29, 0.717) is 31.7 Å². The van der Waals surface area contributed by atoms with Gasteiger partial charge in [-0.3, -0.25) is 14.4 Å². The highest BCUT2D eigenvalue weighted by Gasteiger charge is 2.26. The van der Waals surface area contributed by atoms with Crippen LogP contribution in [-0.2, 0) is 17.1 Å². The molecule has 1 aliphatic heterocycles. The molecule has 2 amide bonds. The summed E-state index contributed by atoms with van der Waals surface area (Å²) in [6.07, 6.45) is 4.14. The van der Waals surface area contributed by atoms with Crippen LogP contribution in [0.3, 0.4) is 0 Å². The second-order valence-corrected chi connectivity index (χ2v) is 9.92. The van der Waals surface area contributed by atoms with Gasteiger partial charge in [0.05, 0.1) is 10.5 Å². The zero-order valence-electron chi connectivity index (χ0n) is 19.2. The number of anilines is 1. The van der Waals surface area contributed by atoms with Crippen LogP contribution in [0.15, 0.2) is 46.2 Å². The molecule has 0 aliphatic carbocycles. The molecule has 178 valence electrons. The van der Waals surface area contributed by atoms with Crippen LogP contribution in [0.5, 0.6) is 0 Å². The summed E-state index contributed by atoms with van der Waals surface area (Å²) in [5.41, 5.74) is 0.0171. The van der Waals surface area contributed by atoms with Crippen molar-refractivity contribution in [2.24, 2.45) is 7.05 Å². The van der Waals surface area contributed by atoms with Crippen molar-refractivity contribution in [3.63, 3.8) is 0 Å². The highest BCUT2D eigenvalue weighted by atomic mass is 32.2. The number of aryl methyl sites for hydroxylation is 1. The molecule has 0 atom stereocenters. The van der Waals surface area contributed by atoms with Crippen LogP contribution in [0.2, 0.25) is 0 Å². The summed E-state index contributed by atoms with van der Waals surface area (Å²) in [5.74, 6) is -0.806. The minimum atomic E-state index is -3.60. The Hall–Kier alpha value is -2.98. The maximum atomic E-state index is 12.8. The first kappa shape index (κ1) is 24.7. The van der Waals surface area contributed by atoms with Gasteiger partial charge < -0.3 is 14.8 Å². The number of amides is 2. The van der Waals surface area contributed by atoms with Crippen LogP contribution in [0.25, 0.3) is 0 Å². The average molecular weight is 475 g/mol. The summed E-state index contributed by atoms with van der Waals surface area (Å²) in [6, 6.07) is 7.01. The fourth-order valence-corrected chi connectivity index (χ4v) is 5.36. The summed E-state index contributed by atoms with van der Waals surface area (Å²) in [7, 11) is -2.09. The zero-order valence-corrected chi connectivity index (χ0v) is 20.0. The van der Waals surface area contributed by atoms with Gasteiger partial charge in [-0.15, -0.1) is 0 Å². The number of carbonyl (C=O) groups excluding carboxylic acids is 2. The van der Waals surface area contributed by atoms with Crippen molar-refractivity contribution in [3.8, 4) is 0 Å². The van der Waals surface area contributed by atoms with Crippen LogP contribution in [0, 0.1) is 0 Å². The number of hydrogen-bond donors (Lipinski definition) is 1. The van der Waals surface area contributed by atoms with Crippen molar-refractivity contribution in [3.05, 3.63) is 58.0 Å². The number of carbonyl (C=O) groups is 2. The van der Waals surface area contributed by atoms with Crippen LogP contribution in [-0.4, -0.2) is 60.2 Å². The number of pyridine rings is 1. The van der Waals surface area contributed by atoms with E-state index in [1.807, 2.05) is 13.8 Å². The number of nitrogens with one attached hydrogen (secondary N) is 1. The lowest BCUT2D eigenvalue weighted by atomic mass is 10.2. The molecule has 0 radical (unpaired) electrons. The van der Waals surface area contributed by atoms with Gasteiger partial charge >= 0.3 is 0 Å². The van der Waals surface area contributed by atoms with Gasteiger partial charge in [-0.05, 0) is 57.0 Å². The summed E-state index contributed by atoms with van der Waals surface area (Å²) in [5, 5.41) is 2.56. The normalized spacial score (nSPS) is 14.6. The standard InChI is InChI=1S/C23H30N4O5S/c1-4-26(5-2)22(29)18-15-20(23(30)25(3)16-18)24-21(28)17-9-11-19(12-10-17)33(31,32)27-13-7-6-8-14-27/h9-12,15-16H,4-8,13-14H2,1-3H3,(H,24,28). The van der Waals surface area contributed by atoms with Crippen molar-refractivity contribution < 1.29 is 18.0 Å². The van der Waals surface area contributed by atoms with E-state index in [1.165, 1.54) is 52.4 Å². The largest absolute Gasteiger partial charge is 0.339 e. The first-order valence-corrected chi connectivity index (χ1v) is 12.5. The average Bonchev–Trinajstić information content (AvgIpc) is 2.83. The van der Waals surface area contributed by atoms with Gasteiger partial charge in [-0.1, -0.05) is 6.42 Å². The Morgan fingerprint density at radius 3 is 2.18 bits per heavy atom. The van der Waals surface area contributed by atoms with Gasteiger partial charge in [0.15, 0.2) is 0 Å². The van der Waals surface area contributed by atoms with E-state index in [-0.39, 0.29) is 22.1 Å². The van der Waals surface area contributed by atoms with Crippen molar-refractivity contribution in [1.82, 2.24) is 13.8 Å². The molecule has 3 rings (SSSR count). The van der Waals surface area contributed by atoms with Gasteiger partial charge in [0.2, 0.25) is 10.0 Å². The van der Waals surface area contributed by atoms with Crippen molar-refractivity contribution in [1.29, 1.82) is 0 Å². The van der Waals surface area contributed by atoms with Gasteiger partial charge in [0, 0.05) is 45.0 Å². The van der Waals surface area contributed by atoms with Crippen LogP contribution in [0.4, 0.5) is 5.69 Å². The third-order valence-corrected chi connectivity index (χ3v) is 7.71. The number of rotatable bonds is 7. The number of nitrogens with zero attached hydrogens (tertiary/aromatic N) is 3. The van der Waals surface area contributed by atoms with E-state index in [4.69, 9.17) is 0 Å². The molecule has 1 aliphatic rings. The van der Waals surface area contributed by atoms with E-state index in [0.717, 1.165) is 19.3 Å². The van der Waals surface area contributed by atoms with E-state index in [2.05, 4.69) is 5.32 Å². The number of hydrogen-bond acceptors (Lipinski definition) is 5. The second-order valence-electron chi connectivity index (χ2n) is 7.98. The Kier molecular flexibility index (Phi) is 7.70. The maximum Gasteiger partial charge on any atom is 0.274 e. The number of benzene rings is 1. The fourth-order valence-electron chi connectivity index (χ4n) is 3.84. The molecule has 0 bridgehead atoms. The summed E-state index contributed by atoms with van der Waals surface area (Å²) in [4.78, 5) is 39.7. The molecule has 10 heteroatoms. The first-order chi connectivity index (χ1) is 15.7. The van der Waals surface area contributed by atoms with Gasteiger partial charge in [0.1, 0.15) is 5.69 Å². The van der Waals surface area contributed by atoms with Crippen molar-refractivity contribution >= 4 is 27.5 Å². The molecule has 2 aromatic rings. The minimum Gasteiger partial charge on any atom is -0.339 e. The third-order valence-electron chi connectivity index (χ3n) is 5.80. The molecule has 33 heavy (non-hydrogen) atoms. The van der Waals surface area contributed by atoms with Crippen LogP contribution in [0.1, 0.15) is 53.8 Å². The van der Waals surface area contributed by atoms with E-state index in [1.54, 1.807) is 4.90 Å². The van der Waals surface area contributed by atoms with Gasteiger partial charge in [0.25, 0.3) is 17.4 Å². The highest BCUT2D eigenvalue weighted by molar-refractivity contribution is 7.89. The maximum absolute atomic E-state index is 12.8. The van der Waals surface area contributed by atoms with Gasteiger partial charge in [-0.25, -0.2) is 8.42 Å². The SMILES string of the molecule is CCN(CC)C(=O)c1cc(NC(=O)c2ccc(S(=O)(=O)N3CCCCC3)cc2)c(=O)n(C)c1. The van der Waals surface area contributed by atoms with Gasteiger partial charge in [-0.2, -0.15) is 4.31 Å². The molecule has 2 heterocycles. The monoisotopic (exact) mass is 474 g/mol. The Morgan fingerprint density at radius 2 is 1.61 bits per heavy atom. The Bertz CT molecular complexity index is 1180. The topological polar surface area (TPSA) is 109 Å². The lowest BCUT2D eigenvalue weighted by molar-refractivity contribution is 0.0771. The lowest BCUT2D eigenvalue weighted by Crippen LogP contribution is -2.35. The number of aromatic nitrogens is 1. The minimum absolute atomic E-state index is 0.0227. The Labute approximate surface area is 194 Å². The summed E-state index contributed by atoms with van der Waals surface area (Å²) in [6.45, 7) is 5.76. The Morgan fingerprint density at radius 1 is 1.00 bits per heavy atom. The third kappa shape index (κ3) is 5.33. The van der Waals surface area contributed by atoms with E-state index in [9.17, 15) is 22.8 Å². The summed E-state index contributed by atoms with van der Waals surface area (Å²) >= 11 is 0. The lowest BCUT2D eigenvalue weighted by Gasteiger charge is -2.25. The molecule has 1 aromatic heterocycles. The van der Waals surface area contributed by atoms with Crippen molar-refractivity contribution in [2.75, 3.05) is 31.5 Å². The molecular formula is C23H30N4O5S. The van der Waals surface area contributed by atoms with E-state index < -0.39 is 21.5 Å². The molecule has 0 unspecified atom stereocenters. The van der Waals surface area contributed by atoms with Crippen LogP contribution >= 0.6 is 0 Å². The van der Waals surface area contributed by atoms with E-state index >= 15 is 0 Å². The quantitative estimate of drug-likeness (QED) is 0.662. The Balaban J connectivity index is 1.81. The number of piperidine rings is 1. The second kappa shape index (κ2) is 10.3. The number of sulfonamides is 1. The summed E-state index contributed by atoms with van der Waals surface area (Å²) < 4.78 is 28.3. The molecular weight excluding hydrogens is 444 g/mol. The predicted molar refractivity (Wildman–Crippen MR) is 126 cm³/mol. The molecule has 1 saturated heterocycles.